The van der Waals surface area contributed by atoms with Crippen molar-refractivity contribution in [2.75, 3.05) is 27.2 Å². The van der Waals surface area contributed by atoms with E-state index in [1.807, 2.05) is 27.9 Å². The van der Waals surface area contributed by atoms with Crippen LogP contribution in [-0.4, -0.2) is 53.1 Å². The molecule has 0 rings (SSSR count). The van der Waals surface area contributed by atoms with Gasteiger partial charge in [0.1, 0.15) is 0 Å². The van der Waals surface area contributed by atoms with E-state index >= 15 is 0 Å². The zero-order valence-electron chi connectivity index (χ0n) is 14.1. The van der Waals surface area contributed by atoms with Crippen molar-refractivity contribution in [1.82, 2.24) is 0 Å². The average Bonchev–Trinajstić information content (AvgIpc) is 2.54. The molecule has 0 heterocycles. The molecule has 0 aliphatic heterocycles. The summed E-state index contributed by atoms with van der Waals surface area (Å²) in [5.74, 6) is 0. The van der Waals surface area contributed by atoms with Crippen LogP contribution in [0.1, 0.15) is 40.5 Å². The molecule has 0 spiro atoms. The van der Waals surface area contributed by atoms with Crippen LogP contribution >= 0.6 is 0 Å². The fourth-order valence-electron chi connectivity index (χ4n) is 1.21. The average molecular weight is 387 g/mol. The normalized spacial score (nSPS) is 11.0. The van der Waals surface area contributed by atoms with Crippen LogP contribution in [0.15, 0.2) is 0 Å². The molecule has 0 aliphatic carbocycles. The summed E-state index contributed by atoms with van der Waals surface area (Å²) in [6.07, 6.45) is 2.56. The van der Waals surface area contributed by atoms with Crippen LogP contribution < -0.4 is 0 Å². The largest absolute Gasteiger partial charge is 6.00 e. The Hall–Kier alpha value is -0.197. The van der Waals surface area contributed by atoms with Gasteiger partial charge in [-0.1, -0.05) is 40.5 Å². The molecular weight excluding hydrogens is 357 g/mol. The molecule has 0 saturated carbocycles. The van der Waals surface area contributed by atoms with Crippen LogP contribution in [0.5, 0.6) is 0 Å². The molecule has 0 aromatic heterocycles. The van der Waals surface area contributed by atoms with Crippen molar-refractivity contribution in [3.8, 4) is 0 Å². The summed E-state index contributed by atoms with van der Waals surface area (Å²) >= 11 is 0. The Kier molecular flexibility index (Phi) is 57.2. The van der Waals surface area contributed by atoms with E-state index in [9.17, 15) is 0 Å². The van der Waals surface area contributed by atoms with Crippen LogP contribution in [0.3, 0.4) is 0 Å². The van der Waals surface area contributed by atoms with Gasteiger partial charge in [0.05, 0.1) is 0 Å². The van der Waals surface area contributed by atoms with Crippen molar-refractivity contribution in [2.24, 2.45) is 0 Å². The van der Waals surface area contributed by atoms with Gasteiger partial charge in [0.25, 0.3) is 0 Å². The number of rotatable bonds is 8. The van der Waals surface area contributed by atoms with Gasteiger partial charge in [0.15, 0.2) is 0 Å². The van der Waals surface area contributed by atoms with Crippen molar-refractivity contribution in [1.29, 1.82) is 0 Å². The summed E-state index contributed by atoms with van der Waals surface area (Å²) in [4.78, 5) is 15.5. The first-order valence-electron chi connectivity index (χ1n) is 6.68. The molecule has 0 aromatic carbocycles. The van der Waals surface area contributed by atoms with Crippen molar-refractivity contribution >= 4 is 13.6 Å². The van der Waals surface area contributed by atoms with Crippen molar-refractivity contribution in [3.05, 3.63) is 21.3 Å². The van der Waals surface area contributed by atoms with Crippen molar-refractivity contribution in [3.63, 3.8) is 0 Å². The minimum absolute atomic E-state index is 0. The number of hydrogen-bond acceptors (Lipinski definition) is 2. The molecular formula is C14H30N4O2Ru. The molecule has 0 fully saturated rings. The second kappa shape index (κ2) is 36.7. The summed E-state index contributed by atoms with van der Waals surface area (Å²) in [7, 11) is 3.63. The summed E-state index contributed by atoms with van der Waals surface area (Å²) in [6.45, 7) is 16.5. The van der Waals surface area contributed by atoms with Gasteiger partial charge < -0.3 is 30.9 Å². The predicted molar refractivity (Wildman–Crippen MR) is 88.0 cm³/mol. The Bertz CT molecular complexity index is 133. The molecule has 0 aromatic rings. The third-order valence-electron chi connectivity index (χ3n) is 2.11. The fraction of sp³-hybridized carbons (Fsp3) is 0.857. The molecule has 7 heteroatoms. The van der Waals surface area contributed by atoms with E-state index in [1.165, 1.54) is 0 Å². The molecule has 0 bridgehead atoms. The quantitative estimate of drug-likeness (QED) is 0.361. The first-order chi connectivity index (χ1) is 9.69. The van der Waals surface area contributed by atoms with Gasteiger partial charge in [-0.3, -0.25) is 13.6 Å². The topological polar surface area (TPSA) is 90.5 Å². The molecule has 0 aliphatic rings. The van der Waals surface area contributed by atoms with Gasteiger partial charge >= 0.3 is 19.5 Å². The van der Waals surface area contributed by atoms with Crippen LogP contribution in [0.25, 0.3) is 21.3 Å². The Balaban J connectivity index is -0.0000000630. The van der Waals surface area contributed by atoms with Gasteiger partial charge in [-0.25, -0.2) is 12.3 Å². The fourth-order valence-corrected chi connectivity index (χ4v) is 1.21. The number of nitrogens with zero attached hydrogens (tertiary/aromatic N) is 4. The van der Waals surface area contributed by atoms with E-state index in [1.54, 1.807) is 0 Å². The summed E-state index contributed by atoms with van der Waals surface area (Å²) in [5.41, 5.74) is 0. The maximum atomic E-state index is 7.75. The van der Waals surface area contributed by atoms with E-state index in [4.69, 9.17) is 9.59 Å². The third kappa shape index (κ3) is 32.9. The number of carbonyl (C=O) groups excluding carboxylic acids is 2. The first kappa shape index (κ1) is 32.7. The summed E-state index contributed by atoms with van der Waals surface area (Å²) in [6, 6.07) is 0. The van der Waals surface area contributed by atoms with E-state index in [0.717, 1.165) is 25.9 Å². The summed E-state index contributed by atoms with van der Waals surface area (Å²) < 4.78 is 0. The van der Waals surface area contributed by atoms with Gasteiger partial charge in [0.2, 0.25) is 0 Å². The molecule has 0 amide bonds. The van der Waals surface area contributed by atoms with Crippen molar-refractivity contribution < 1.29 is 29.1 Å². The van der Waals surface area contributed by atoms with Gasteiger partial charge in [0, 0.05) is 0 Å². The maximum absolute atomic E-state index is 7.75. The molecule has 21 heavy (non-hydrogen) atoms. The molecule has 126 valence electrons. The zero-order chi connectivity index (χ0) is 16.8. The predicted octanol–water partition coefficient (Wildman–Crippen LogP) is 3.69. The van der Waals surface area contributed by atoms with E-state index in [0.29, 0.717) is 0 Å². The van der Waals surface area contributed by atoms with E-state index in [2.05, 4.69) is 48.7 Å². The Labute approximate surface area is 144 Å². The molecule has 0 N–H and O–H groups in total. The standard InChI is InChI=1S/2C6H14N2.2CHO.Ru/c2*1-4-6(7-3)8-5-2;2*1-2;/h2*6H,4-5H2,1-3H3;2*1H;/q2*-2;2*-1;+6. The van der Waals surface area contributed by atoms with Gasteiger partial charge in [-0.2, -0.15) is 27.2 Å². The van der Waals surface area contributed by atoms with Gasteiger partial charge in [-0.05, 0) is 0 Å². The zero-order valence-corrected chi connectivity index (χ0v) is 15.8. The Morgan fingerprint density at radius 2 is 0.952 bits per heavy atom. The molecule has 2 atom stereocenters. The van der Waals surface area contributed by atoms with E-state index < -0.39 is 0 Å². The maximum Gasteiger partial charge on any atom is 6.00 e. The van der Waals surface area contributed by atoms with Crippen molar-refractivity contribution in [2.45, 2.75) is 52.9 Å². The second-order valence-electron chi connectivity index (χ2n) is 3.29. The summed E-state index contributed by atoms with van der Waals surface area (Å²) in [5, 5.41) is 16.4. The van der Waals surface area contributed by atoms with Crippen LogP contribution in [0, 0.1) is 0 Å². The van der Waals surface area contributed by atoms with Crippen LogP contribution in [0.4, 0.5) is 0 Å². The van der Waals surface area contributed by atoms with Crippen LogP contribution in [0.2, 0.25) is 0 Å². The Morgan fingerprint density at radius 1 is 0.714 bits per heavy atom. The SMILES string of the molecule is CC[N-]C(CC)[N-]C.CC[N-]C(CC)[N-]C.[CH-]=O.[CH-]=O.[Ru+6]. The minimum Gasteiger partial charge on any atom is -0.681 e. The second-order valence-corrected chi connectivity index (χ2v) is 3.29. The molecule has 0 saturated heterocycles. The third-order valence-corrected chi connectivity index (χ3v) is 2.11. The number of hydrogen-bond donors (Lipinski definition) is 0. The smallest absolute Gasteiger partial charge is 0.681 e. The monoisotopic (exact) mass is 388 g/mol. The van der Waals surface area contributed by atoms with Gasteiger partial charge in [-0.15, -0.1) is 0 Å². The van der Waals surface area contributed by atoms with E-state index in [-0.39, 0.29) is 31.8 Å². The molecule has 2 unspecified atom stereocenters. The molecule has 0 radical (unpaired) electrons. The first-order valence-corrected chi connectivity index (χ1v) is 6.68. The Morgan fingerprint density at radius 3 is 1.00 bits per heavy atom. The molecule has 6 nitrogen and oxygen atoms in total. The minimum atomic E-state index is 0. The van der Waals surface area contributed by atoms with Crippen LogP contribution in [-0.2, 0) is 29.1 Å².